The lowest BCUT2D eigenvalue weighted by Gasteiger charge is -2.44. The van der Waals surface area contributed by atoms with Gasteiger partial charge in [0.15, 0.2) is 0 Å². The van der Waals surface area contributed by atoms with Crippen LogP contribution in [-0.2, 0) is 17.1 Å². The van der Waals surface area contributed by atoms with Gasteiger partial charge in [-0.15, -0.1) is 22.9 Å². The number of fused-ring (bicyclic) bond motifs is 1. The Morgan fingerprint density at radius 1 is 1.35 bits per heavy atom. The summed E-state index contributed by atoms with van der Waals surface area (Å²) in [6, 6.07) is 0.498. The van der Waals surface area contributed by atoms with Gasteiger partial charge in [0.25, 0.3) is 0 Å². The van der Waals surface area contributed by atoms with E-state index in [0.29, 0.717) is 18.3 Å². The van der Waals surface area contributed by atoms with Crippen molar-refractivity contribution in [2.45, 2.75) is 56.9 Å². The van der Waals surface area contributed by atoms with Crippen LogP contribution in [0, 0.1) is 5.92 Å². The SMILES string of the molecule is O=C(Cc1nc(CCl)cs1)N1CCC[C@H]2CCCC[C@H]21. The molecule has 1 amide bonds. The molecule has 0 unspecified atom stereocenters. The lowest BCUT2D eigenvalue weighted by molar-refractivity contribution is -0.136. The standard InChI is InChI=1S/C15H21ClN2OS/c16-9-12-10-20-14(17-12)8-15(19)18-7-3-5-11-4-1-2-6-13(11)18/h10-11,13H,1-9H2/t11-,13-/m1/s1. The van der Waals surface area contributed by atoms with Crippen molar-refractivity contribution < 1.29 is 4.79 Å². The zero-order valence-electron chi connectivity index (χ0n) is 11.7. The molecule has 2 atom stereocenters. The van der Waals surface area contributed by atoms with Crippen LogP contribution in [0.3, 0.4) is 0 Å². The number of aromatic nitrogens is 1. The van der Waals surface area contributed by atoms with Crippen LogP contribution in [0.2, 0.25) is 0 Å². The normalized spacial score (nSPS) is 26.4. The van der Waals surface area contributed by atoms with Gasteiger partial charge in [-0.25, -0.2) is 4.98 Å². The number of carbonyl (C=O) groups excluding carboxylic acids is 1. The fourth-order valence-electron chi connectivity index (χ4n) is 3.66. The molecule has 3 rings (SSSR count). The fourth-order valence-corrected chi connectivity index (χ4v) is 4.67. The highest BCUT2D eigenvalue weighted by atomic mass is 35.5. The quantitative estimate of drug-likeness (QED) is 0.799. The highest BCUT2D eigenvalue weighted by molar-refractivity contribution is 7.09. The van der Waals surface area contributed by atoms with E-state index in [1.54, 1.807) is 11.3 Å². The number of halogens is 1. The fraction of sp³-hybridized carbons (Fsp3) is 0.733. The van der Waals surface area contributed by atoms with E-state index in [9.17, 15) is 4.79 Å². The first kappa shape index (κ1) is 14.3. The van der Waals surface area contributed by atoms with Gasteiger partial charge in [0.2, 0.25) is 5.91 Å². The van der Waals surface area contributed by atoms with Crippen molar-refractivity contribution in [1.29, 1.82) is 0 Å². The van der Waals surface area contributed by atoms with E-state index in [2.05, 4.69) is 9.88 Å². The smallest absolute Gasteiger partial charge is 0.229 e. The number of hydrogen-bond donors (Lipinski definition) is 0. The van der Waals surface area contributed by atoms with Crippen LogP contribution in [0.1, 0.15) is 49.2 Å². The van der Waals surface area contributed by atoms with E-state index < -0.39 is 0 Å². The number of alkyl halides is 1. The van der Waals surface area contributed by atoms with Crippen LogP contribution in [0.15, 0.2) is 5.38 Å². The number of amides is 1. The molecule has 1 aliphatic heterocycles. The first-order valence-electron chi connectivity index (χ1n) is 7.56. The topological polar surface area (TPSA) is 33.2 Å². The summed E-state index contributed by atoms with van der Waals surface area (Å²) in [5.41, 5.74) is 0.883. The number of piperidine rings is 1. The minimum absolute atomic E-state index is 0.261. The number of rotatable bonds is 3. The molecule has 1 aliphatic carbocycles. The molecule has 0 spiro atoms. The summed E-state index contributed by atoms with van der Waals surface area (Å²) < 4.78 is 0. The molecule has 1 saturated carbocycles. The molecule has 2 aliphatic rings. The predicted molar refractivity (Wildman–Crippen MR) is 82.1 cm³/mol. The van der Waals surface area contributed by atoms with Gasteiger partial charge in [0.05, 0.1) is 18.0 Å². The molecule has 0 aromatic carbocycles. The molecule has 20 heavy (non-hydrogen) atoms. The van der Waals surface area contributed by atoms with Crippen molar-refractivity contribution in [3.63, 3.8) is 0 Å². The number of thiazole rings is 1. The maximum atomic E-state index is 12.6. The average Bonchev–Trinajstić information content (AvgIpc) is 2.94. The van der Waals surface area contributed by atoms with E-state index in [1.807, 2.05) is 5.38 Å². The number of carbonyl (C=O) groups is 1. The molecule has 2 fully saturated rings. The summed E-state index contributed by atoms with van der Waals surface area (Å²) in [5, 5.41) is 2.86. The van der Waals surface area contributed by atoms with Crippen LogP contribution >= 0.6 is 22.9 Å². The maximum Gasteiger partial charge on any atom is 0.229 e. The van der Waals surface area contributed by atoms with E-state index in [0.717, 1.165) is 29.6 Å². The summed E-state index contributed by atoms with van der Waals surface area (Å²) in [7, 11) is 0. The third-order valence-corrected chi connectivity index (χ3v) is 5.77. The Kier molecular flexibility index (Phi) is 4.61. The number of nitrogens with zero attached hydrogens (tertiary/aromatic N) is 2. The van der Waals surface area contributed by atoms with Gasteiger partial charge in [-0.3, -0.25) is 4.79 Å². The first-order valence-corrected chi connectivity index (χ1v) is 8.98. The van der Waals surface area contributed by atoms with E-state index in [4.69, 9.17) is 11.6 Å². The van der Waals surface area contributed by atoms with Crippen LogP contribution in [0.25, 0.3) is 0 Å². The van der Waals surface area contributed by atoms with E-state index in [1.165, 1.54) is 32.1 Å². The Morgan fingerprint density at radius 3 is 2.95 bits per heavy atom. The second-order valence-corrected chi connectivity index (χ2v) is 7.09. The average molecular weight is 313 g/mol. The Labute approximate surface area is 129 Å². The zero-order chi connectivity index (χ0) is 13.9. The summed E-state index contributed by atoms with van der Waals surface area (Å²) in [4.78, 5) is 19.1. The van der Waals surface area contributed by atoms with Gasteiger partial charge in [-0.1, -0.05) is 12.8 Å². The second-order valence-electron chi connectivity index (χ2n) is 5.88. The molecule has 1 aromatic heterocycles. The summed E-state index contributed by atoms with van der Waals surface area (Å²) in [5.74, 6) is 1.44. The van der Waals surface area contributed by atoms with Gasteiger partial charge < -0.3 is 4.90 Å². The molecule has 2 heterocycles. The Morgan fingerprint density at radius 2 is 2.15 bits per heavy atom. The molecule has 0 N–H and O–H groups in total. The molecular formula is C15H21ClN2OS. The summed E-state index contributed by atoms with van der Waals surface area (Å²) in [6.07, 6.45) is 8.04. The maximum absolute atomic E-state index is 12.6. The van der Waals surface area contributed by atoms with E-state index in [-0.39, 0.29) is 5.91 Å². The van der Waals surface area contributed by atoms with Crippen molar-refractivity contribution in [3.8, 4) is 0 Å². The van der Waals surface area contributed by atoms with Gasteiger partial charge in [-0.05, 0) is 31.6 Å². The van der Waals surface area contributed by atoms with Crippen LogP contribution in [0.5, 0.6) is 0 Å². The van der Waals surface area contributed by atoms with Crippen LogP contribution < -0.4 is 0 Å². The van der Waals surface area contributed by atoms with Crippen molar-refractivity contribution in [2.24, 2.45) is 5.92 Å². The molecule has 0 bridgehead atoms. The molecule has 0 radical (unpaired) electrons. The summed E-state index contributed by atoms with van der Waals surface area (Å²) >= 11 is 7.32. The lowest BCUT2D eigenvalue weighted by Crippen LogP contribution is -2.50. The van der Waals surface area contributed by atoms with Gasteiger partial charge in [-0.2, -0.15) is 0 Å². The highest BCUT2D eigenvalue weighted by Gasteiger charge is 2.35. The molecule has 1 saturated heterocycles. The summed E-state index contributed by atoms with van der Waals surface area (Å²) in [6.45, 7) is 0.938. The number of hydrogen-bond acceptors (Lipinski definition) is 3. The monoisotopic (exact) mass is 312 g/mol. The molecule has 3 nitrogen and oxygen atoms in total. The predicted octanol–water partition coefficient (Wildman–Crippen LogP) is 3.61. The minimum Gasteiger partial charge on any atom is -0.339 e. The van der Waals surface area contributed by atoms with E-state index >= 15 is 0 Å². The van der Waals surface area contributed by atoms with Crippen molar-refractivity contribution >= 4 is 28.8 Å². The van der Waals surface area contributed by atoms with Gasteiger partial charge in [0.1, 0.15) is 5.01 Å². The van der Waals surface area contributed by atoms with Crippen LogP contribution in [-0.4, -0.2) is 28.4 Å². The van der Waals surface area contributed by atoms with Crippen molar-refractivity contribution in [2.75, 3.05) is 6.54 Å². The second kappa shape index (κ2) is 6.44. The van der Waals surface area contributed by atoms with Crippen molar-refractivity contribution in [1.82, 2.24) is 9.88 Å². The Hall–Kier alpha value is -0.610. The Balaban J connectivity index is 1.66. The van der Waals surface area contributed by atoms with Gasteiger partial charge in [0, 0.05) is 18.0 Å². The van der Waals surface area contributed by atoms with Gasteiger partial charge >= 0.3 is 0 Å². The first-order chi connectivity index (χ1) is 9.78. The third-order valence-electron chi connectivity index (χ3n) is 4.60. The lowest BCUT2D eigenvalue weighted by atomic mass is 9.78. The molecule has 110 valence electrons. The molecule has 1 aromatic rings. The highest BCUT2D eigenvalue weighted by Crippen LogP contribution is 2.35. The minimum atomic E-state index is 0.261. The van der Waals surface area contributed by atoms with Crippen molar-refractivity contribution in [3.05, 3.63) is 16.1 Å². The third kappa shape index (κ3) is 3.01. The Bertz CT molecular complexity index is 474. The molecule has 5 heteroatoms. The van der Waals surface area contributed by atoms with Crippen LogP contribution in [0.4, 0.5) is 0 Å². The molecular weight excluding hydrogens is 292 g/mol. The zero-order valence-corrected chi connectivity index (χ0v) is 13.3. The number of likely N-dealkylation sites (tertiary alicyclic amines) is 1. The largest absolute Gasteiger partial charge is 0.339 e.